The number of carboxylic acid groups (broad SMARTS) is 1. The first kappa shape index (κ1) is 47.1. The van der Waals surface area contributed by atoms with E-state index in [0.717, 1.165) is 5.56 Å². The van der Waals surface area contributed by atoms with Gasteiger partial charge >= 0.3 is 5.97 Å². The largest absolute Gasteiger partial charge is 0.481 e. The molecule has 0 spiro atoms. The van der Waals surface area contributed by atoms with Crippen LogP contribution in [-0.4, -0.2) is 88.0 Å². The molecular formula is C41H48N6O14. The fourth-order valence-electron chi connectivity index (χ4n) is 5.66. The summed E-state index contributed by atoms with van der Waals surface area (Å²) in [6.07, 6.45) is -8.46. The maximum atomic E-state index is 13.5. The number of hydrogen-bond donors (Lipinski definition) is 6. The Morgan fingerprint density at radius 2 is 1.02 bits per heavy atom. The lowest BCUT2D eigenvalue weighted by Gasteiger charge is -2.25. The number of nitrogens with zero attached hydrogens (tertiary/aromatic N) is 1. The van der Waals surface area contributed by atoms with Crippen LogP contribution in [0.15, 0.2) is 84.9 Å². The summed E-state index contributed by atoms with van der Waals surface area (Å²) in [5.41, 5.74) is 15.3. The van der Waals surface area contributed by atoms with Crippen molar-refractivity contribution in [2.24, 2.45) is 17.6 Å². The van der Waals surface area contributed by atoms with Crippen molar-refractivity contribution in [1.29, 1.82) is 0 Å². The molecular weight excluding hydrogens is 800 g/mol. The summed E-state index contributed by atoms with van der Waals surface area (Å²) in [6.45, 7) is 6.68. The smallest absolute Gasteiger partial charge is 0.306 e. The molecule has 0 saturated carbocycles. The Bertz CT molecular complexity index is 2000. The molecule has 61 heavy (non-hydrogen) atoms. The van der Waals surface area contributed by atoms with Crippen LogP contribution in [0.5, 0.6) is 0 Å². The van der Waals surface area contributed by atoms with Crippen molar-refractivity contribution in [2.45, 2.75) is 83.9 Å². The van der Waals surface area contributed by atoms with Gasteiger partial charge in [0.25, 0.3) is 35.4 Å². The molecule has 0 radical (unpaired) electrons. The van der Waals surface area contributed by atoms with Gasteiger partial charge in [0.1, 0.15) is 0 Å². The minimum absolute atomic E-state index is 0.0130. The lowest BCUT2D eigenvalue weighted by molar-refractivity contribution is -0.184. The Morgan fingerprint density at radius 3 is 1.51 bits per heavy atom. The van der Waals surface area contributed by atoms with Crippen LogP contribution < -0.4 is 27.7 Å². The van der Waals surface area contributed by atoms with Gasteiger partial charge in [0.05, 0.1) is 17.5 Å². The molecule has 5 atom stereocenters. The second-order valence-corrected chi connectivity index (χ2v) is 14.5. The second kappa shape index (κ2) is 22.7. The quantitative estimate of drug-likeness (QED) is 0.0549. The number of nitrogens with one attached hydrogen (secondary N) is 4. The van der Waals surface area contributed by atoms with Gasteiger partial charge in [-0.25, -0.2) is 26.8 Å². The summed E-state index contributed by atoms with van der Waals surface area (Å²) in [7, 11) is 0. The molecule has 0 aliphatic carbocycles. The maximum absolute atomic E-state index is 13.5. The zero-order chi connectivity index (χ0) is 44.6. The van der Waals surface area contributed by atoms with Gasteiger partial charge in [-0.05, 0) is 41.5 Å². The molecule has 3 aromatic carbocycles. The molecule has 7 N–H and O–H groups in total. The van der Waals surface area contributed by atoms with Crippen molar-refractivity contribution in [3.8, 4) is 0 Å². The van der Waals surface area contributed by atoms with E-state index in [1.165, 1.54) is 24.3 Å². The SMILES string of the molecule is CC(C)C[C@@H](ONC(=O)[C@@H](Cc1ccccc1)ONC(=O)[C@H](ONC(=O)[C@@H](CC(=O)O)ON1C(=O)c2ccccc2C1=O)C(C)C)C(=O)NO[C@H](Cc1ccccc1)C(N)=O. The molecule has 0 bridgehead atoms. The maximum Gasteiger partial charge on any atom is 0.306 e. The highest BCUT2D eigenvalue weighted by Gasteiger charge is 2.40. The van der Waals surface area contributed by atoms with E-state index in [0.29, 0.717) is 5.56 Å². The van der Waals surface area contributed by atoms with E-state index in [1.807, 2.05) is 5.48 Å². The normalized spacial score (nSPS) is 14.7. The van der Waals surface area contributed by atoms with E-state index in [-0.39, 0.29) is 41.4 Å². The van der Waals surface area contributed by atoms with Gasteiger partial charge in [-0.3, -0.25) is 57.7 Å². The zero-order valence-corrected chi connectivity index (χ0v) is 33.7. The number of hydroxylamine groups is 6. The highest BCUT2D eigenvalue weighted by atomic mass is 16.7. The Labute approximate surface area is 350 Å². The third-order valence-electron chi connectivity index (χ3n) is 8.81. The van der Waals surface area contributed by atoms with Crippen molar-refractivity contribution < 1.29 is 67.7 Å². The first-order valence-corrected chi connectivity index (χ1v) is 19.1. The molecule has 0 fully saturated rings. The molecule has 7 amide bonds. The molecule has 3 aromatic rings. The number of carbonyl (C=O) groups is 8. The van der Waals surface area contributed by atoms with Crippen molar-refractivity contribution in [1.82, 2.24) is 27.0 Å². The van der Waals surface area contributed by atoms with Crippen LogP contribution in [0.4, 0.5) is 0 Å². The van der Waals surface area contributed by atoms with Crippen LogP contribution in [0.1, 0.15) is 72.4 Å². The van der Waals surface area contributed by atoms with Crippen LogP contribution in [0, 0.1) is 11.8 Å². The van der Waals surface area contributed by atoms with E-state index >= 15 is 0 Å². The fourth-order valence-corrected chi connectivity index (χ4v) is 5.66. The number of benzene rings is 3. The number of rotatable bonds is 24. The molecule has 4 rings (SSSR count). The number of nitrogens with two attached hydrogens (primary N) is 1. The lowest BCUT2D eigenvalue weighted by Crippen LogP contribution is -2.50. The van der Waals surface area contributed by atoms with Crippen LogP contribution in [-0.2, 0) is 65.8 Å². The Morgan fingerprint density at radius 1 is 0.590 bits per heavy atom. The van der Waals surface area contributed by atoms with Gasteiger partial charge < -0.3 is 10.8 Å². The molecule has 326 valence electrons. The van der Waals surface area contributed by atoms with Gasteiger partial charge in [0, 0.05) is 12.8 Å². The minimum atomic E-state index is -1.96. The first-order chi connectivity index (χ1) is 29.0. The Balaban J connectivity index is 1.39. The summed E-state index contributed by atoms with van der Waals surface area (Å²) in [4.78, 5) is 129. The molecule has 20 heteroatoms. The minimum Gasteiger partial charge on any atom is -0.481 e. The van der Waals surface area contributed by atoms with E-state index in [1.54, 1.807) is 88.4 Å². The highest BCUT2D eigenvalue weighted by molar-refractivity contribution is 6.20. The number of amides is 7. The average Bonchev–Trinajstić information content (AvgIpc) is 3.46. The van der Waals surface area contributed by atoms with E-state index in [9.17, 15) is 43.5 Å². The zero-order valence-electron chi connectivity index (χ0n) is 33.7. The van der Waals surface area contributed by atoms with Crippen LogP contribution >= 0.6 is 0 Å². The number of aliphatic carboxylic acids is 1. The van der Waals surface area contributed by atoms with Gasteiger partial charge in [0.15, 0.2) is 30.5 Å². The molecule has 20 nitrogen and oxygen atoms in total. The van der Waals surface area contributed by atoms with Crippen molar-refractivity contribution in [2.75, 3.05) is 0 Å². The fraction of sp³-hybridized carbons (Fsp3) is 0.366. The molecule has 1 heterocycles. The van der Waals surface area contributed by atoms with E-state index < -0.39 is 90.2 Å². The summed E-state index contributed by atoms with van der Waals surface area (Å²) >= 11 is 0. The van der Waals surface area contributed by atoms with Crippen LogP contribution in [0.25, 0.3) is 0 Å². The highest BCUT2D eigenvalue weighted by Crippen LogP contribution is 2.24. The standard InChI is InChI=1S/C41H48N6O14/c1-23(2)19-30(36(51)43-57-29(35(42)50)20-25-13-7-5-8-14-25)58-44-37(52)31(21-26-15-9-6-10-16-26)59-46-39(54)34(24(3)4)60-45-38(53)32(22-33(48)49)61-47-40(55)27-17-11-12-18-28(27)41(47)56/h5-18,23-24,29-32,34H,19-22H2,1-4H3,(H2,42,50)(H,43,51)(H,44,52)(H,45,53)(H,46,54)(H,48,49)/t29-,30-,31-,32-,34-/m1/s1. The predicted molar refractivity (Wildman–Crippen MR) is 210 cm³/mol. The second-order valence-electron chi connectivity index (χ2n) is 14.5. The number of hydrogen-bond acceptors (Lipinski definition) is 13. The number of imide groups is 1. The summed E-state index contributed by atoms with van der Waals surface area (Å²) in [5.74, 6) is -8.98. The first-order valence-electron chi connectivity index (χ1n) is 19.1. The van der Waals surface area contributed by atoms with Gasteiger partial charge in [-0.2, -0.15) is 0 Å². The number of carboxylic acids is 1. The average molecular weight is 849 g/mol. The third kappa shape index (κ3) is 14.0. The molecule has 1 aliphatic heterocycles. The van der Waals surface area contributed by atoms with Crippen molar-refractivity contribution in [3.63, 3.8) is 0 Å². The Kier molecular flexibility index (Phi) is 17.5. The lowest BCUT2D eigenvalue weighted by atomic mass is 10.1. The summed E-state index contributed by atoms with van der Waals surface area (Å²) in [5, 5.41) is 9.70. The van der Waals surface area contributed by atoms with Gasteiger partial charge in [-0.1, -0.05) is 100 Å². The molecule has 0 saturated heterocycles. The van der Waals surface area contributed by atoms with Crippen LogP contribution in [0.2, 0.25) is 0 Å². The van der Waals surface area contributed by atoms with E-state index in [4.69, 9.17) is 29.9 Å². The summed E-state index contributed by atoms with van der Waals surface area (Å²) in [6, 6.07) is 23.1. The number of carbonyl (C=O) groups excluding carboxylic acids is 7. The van der Waals surface area contributed by atoms with Crippen molar-refractivity contribution in [3.05, 3.63) is 107 Å². The topological polar surface area (TPSA) is 280 Å². The molecule has 0 aromatic heterocycles. The summed E-state index contributed by atoms with van der Waals surface area (Å²) < 4.78 is 0. The molecule has 0 unspecified atom stereocenters. The Hall–Kier alpha value is -6.58. The van der Waals surface area contributed by atoms with Gasteiger partial charge in [-0.15, -0.1) is 5.06 Å². The van der Waals surface area contributed by atoms with Gasteiger partial charge in [0.2, 0.25) is 5.91 Å². The van der Waals surface area contributed by atoms with Crippen molar-refractivity contribution >= 4 is 47.3 Å². The number of fused-ring (bicyclic) bond motifs is 1. The third-order valence-corrected chi connectivity index (χ3v) is 8.81. The van der Waals surface area contributed by atoms with E-state index in [2.05, 4.69) is 16.4 Å². The van der Waals surface area contributed by atoms with Crippen LogP contribution in [0.3, 0.4) is 0 Å². The molecule has 1 aliphatic rings. The monoisotopic (exact) mass is 848 g/mol. The predicted octanol–water partition coefficient (Wildman–Crippen LogP) is 1.40. The number of primary amides is 1.